The molecule has 0 bridgehead atoms. The first-order valence-electron chi connectivity index (χ1n) is 9.57. The topological polar surface area (TPSA) is 41.9 Å². The van der Waals surface area contributed by atoms with Gasteiger partial charge in [-0.25, -0.2) is 5.01 Å². The van der Waals surface area contributed by atoms with Gasteiger partial charge in [0, 0.05) is 23.0 Å². The number of ether oxygens (including phenoxy) is 1. The minimum absolute atomic E-state index is 0.222. The van der Waals surface area contributed by atoms with Crippen molar-refractivity contribution in [1.29, 1.82) is 0 Å². The molecule has 0 aromatic heterocycles. The van der Waals surface area contributed by atoms with Gasteiger partial charge in [0.1, 0.15) is 0 Å². The number of amides is 1. The Balaban J connectivity index is 1.74. The summed E-state index contributed by atoms with van der Waals surface area (Å²) in [5.74, 6) is -0.222. The highest BCUT2D eigenvalue weighted by molar-refractivity contribution is 9.10. The van der Waals surface area contributed by atoms with Crippen LogP contribution < -0.4 is 0 Å². The van der Waals surface area contributed by atoms with Crippen molar-refractivity contribution in [3.8, 4) is 0 Å². The smallest absolute Gasteiger partial charge is 0.276 e. The van der Waals surface area contributed by atoms with Gasteiger partial charge in [0.2, 0.25) is 0 Å². The number of hydrogen-bond donors (Lipinski definition) is 0. The number of carbonyl (C=O) groups is 1. The first-order chi connectivity index (χ1) is 14.6. The summed E-state index contributed by atoms with van der Waals surface area (Å²) in [6, 6.07) is 24.6. The monoisotopic (exact) mass is 482 g/mol. The maximum absolute atomic E-state index is 13.5. The number of rotatable bonds is 5. The third-order valence-corrected chi connectivity index (χ3v) is 6.01. The molecule has 1 aliphatic heterocycles. The lowest BCUT2D eigenvalue weighted by molar-refractivity contribution is -0.144. The third-order valence-electron chi connectivity index (χ3n) is 5.14. The zero-order valence-electron chi connectivity index (χ0n) is 16.3. The van der Waals surface area contributed by atoms with E-state index in [0.29, 0.717) is 11.4 Å². The summed E-state index contributed by atoms with van der Waals surface area (Å²) in [5, 5.41) is 6.87. The van der Waals surface area contributed by atoms with E-state index in [1.165, 1.54) is 12.1 Å². The first kappa shape index (κ1) is 20.8. The summed E-state index contributed by atoms with van der Waals surface area (Å²) in [7, 11) is 1.54. The lowest BCUT2D eigenvalue weighted by Gasteiger charge is -2.26. The molecule has 0 unspecified atom stereocenters. The van der Waals surface area contributed by atoms with Gasteiger partial charge >= 0.3 is 0 Å². The Bertz CT molecular complexity index is 1070. The van der Waals surface area contributed by atoms with Crippen molar-refractivity contribution >= 4 is 39.1 Å². The maximum atomic E-state index is 13.5. The maximum Gasteiger partial charge on any atom is 0.276 e. The van der Waals surface area contributed by atoms with Gasteiger partial charge < -0.3 is 4.74 Å². The van der Waals surface area contributed by atoms with Crippen molar-refractivity contribution in [3.63, 3.8) is 0 Å². The SMILES string of the molecule is CO[C@H](C(=O)N1N=C(c2ccc(Br)cc2)C[C@H]1c1ccccc1Cl)c1ccccc1. The number of hydrazone groups is 1. The van der Waals surface area contributed by atoms with Crippen molar-refractivity contribution in [3.05, 3.63) is 105 Å². The molecule has 30 heavy (non-hydrogen) atoms. The minimum Gasteiger partial charge on any atom is -0.367 e. The highest BCUT2D eigenvalue weighted by Crippen LogP contribution is 2.38. The first-order valence-corrected chi connectivity index (χ1v) is 10.7. The molecule has 3 aromatic carbocycles. The van der Waals surface area contributed by atoms with Crippen LogP contribution in [0.15, 0.2) is 88.4 Å². The summed E-state index contributed by atoms with van der Waals surface area (Å²) in [6.45, 7) is 0. The van der Waals surface area contributed by atoms with Gasteiger partial charge in [0.25, 0.3) is 5.91 Å². The molecule has 152 valence electrons. The molecule has 4 nitrogen and oxygen atoms in total. The van der Waals surface area contributed by atoms with Crippen LogP contribution in [0.3, 0.4) is 0 Å². The van der Waals surface area contributed by atoms with Crippen LogP contribution in [0.4, 0.5) is 0 Å². The van der Waals surface area contributed by atoms with E-state index in [4.69, 9.17) is 21.4 Å². The zero-order chi connectivity index (χ0) is 21.1. The highest BCUT2D eigenvalue weighted by Gasteiger charge is 2.37. The number of benzene rings is 3. The van der Waals surface area contributed by atoms with Gasteiger partial charge in [-0.15, -0.1) is 0 Å². The molecule has 4 rings (SSSR count). The molecule has 2 atom stereocenters. The molecule has 1 heterocycles. The average molecular weight is 484 g/mol. The molecule has 0 N–H and O–H groups in total. The van der Waals surface area contributed by atoms with Crippen LogP contribution in [0.5, 0.6) is 0 Å². The van der Waals surface area contributed by atoms with E-state index < -0.39 is 6.10 Å². The molecule has 0 saturated heterocycles. The van der Waals surface area contributed by atoms with E-state index in [0.717, 1.165) is 26.9 Å². The van der Waals surface area contributed by atoms with E-state index in [9.17, 15) is 4.79 Å². The summed E-state index contributed by atoms with van der Waals surface area (Å²) in [4.78, 5) is 13.5. The molecule has 6 heteroatoms. The molecule has 0 aliphatic carbocycles. The number of halogens is 2. The van der Waals surface area contributed by atoms with E-state index in [-0.39, 0.29) is 11.9 Å². The van der Waals surface area contributed by atoms with E-state index >= 15 is 0 Å². The standard InChI is InChI=1S/C24H20BrClN2O2/c1-30-23(17-7-3-2-4-8-17)24(29)28-22(19-9-5-6-10-20(19)26)15-21(27-28)16-11-13-18(25)14-12-16/h2-14,22-23H,15H2,1H3/t22-,23-/m0/s1. The molecular formula is C24H20BrClN2O2. The largest absolute Gasteiger partial charge is 0.367 e. The normalized spacial score (nSPS) is 17.0. The lowest BCUT2D eigenvalue weighted by Crippen LogP contribution is -2.32. The Morgan fingerprint density at radius 2 is 1.73 bits per heavy atom. The molecular weight excluding hydrogens is 464 g/mol. The van der Waals surface area contributed by atoms with Crippen molar-refractivity contribution in [2.75, 3.05) is 7.11 Å². The third kappa shape index (κ3) is 4.19. The van der Waals surface area contributed by atoms with Gasteiger partial charge in [-0.05, 0) is 34.9 Å². The second-order valence-corrected chi connectivity index (χ2v) is 8.33. The quantitative estimate of drug-likeness (QED) is 0.435. The molecule has 0 fully saturated rings. The fraction of sp³-hybridized carbons (Fsp3) is 0.167. The van der Waals surface area contributed by atoms with Crippen LogP contribution in [-0.4, -0.2) is 23.7 Å². The van der Waals surface area contributed by atoms with Crippen LogP contribution in [0.25, 0.3) is 0 Å². The van der Waals surface area contributed by atoms with Gasteiger partial charge in [-0.3, -0.25) is 4.79 Å². The van der Waals surface area contributed by atoms with E-state index in [1.807, 2.05) is 78.9 Å². The fourth-order valence-electron chi connectivity index (χ4n) is 3.65. The number of methoxy groups -OCH3 is 1. The summed E-state index contributed by atoms with van der Waals surface area (Å²) >= 11 is 9.96. The fourth-order valence-corrected chi connectivity index (χ4v) is 4.17. The van der Waals surface area contributed by atoms with Crippen LogP contribution in [0.2, 0.25) is 5.02 Å². The van der Waals surface area contributed by atoms with Gasteiger partial charge in [0.15, 0.2) is 6.10 Å². The Morgan fingerprint density at radius 1 is 1.07 bits per heavy atom. The Morgan fingerprint density at radius 3 is 2.40 bits per heavy atom. The van der Waals surface area contributed by atoms with Crippen LogP contribution >= 0.6 is 27.5 Å². The average Bonchev–Trinajstić information content (AvgIpc) is 3.21. The van der Waals surface area contributed by atoms with Crippen molar-refractivity contribution in [2.24, 2.45) is 5.10 Å². The molecule has 1 aliphatic rings. The van der Waals surface area contributed by atoms with Crippen LogP contribution in [0.1, 0.15) is 35.3 Å². The van der Waals surface area contributed by atoms with Crippen LogP contribution in [-0.2, 0) is 9.53 Å². The molecule has 0 spiro atoms. The van der Waals surface area contributed by atoms with Gasteiger partial charge in [-0.2, -0.15) is 5.10 Å². The predicted molar refractivity (Wildman–Crippen MR) is 123 cm³/mol. The predicted octanol–water partition coefficient (Wildman–Crippen LogP) is 6.17. The molecule has 3 aromatic rings. The van der Waals surface area contributed by atoms with Crippen molar-refractivity contribution in [2.45, 2.75) is 18.6 Å². The summed E-state index contributed by atoms with van der Waals surface area (Å²) in [5.41, 5.74) is 3.46. The van der Waals surface area contributed by atoms with Gasteiger partial charge in [0.05, 0.1) is 11.8 Å². The Hall–Kier alpha value is -2.47. The summed E-state index contributed by atoms with van der Waals surface area (Å²) in [6.07, 6.45) is -0.174. The summed E-state index contributed by atoms with van der Waals surface area (Å²) < 4.78 is 6.57. The highest BCUT2D eigenvalue weighted by atomic mass is 79.9. The van der Waals surface area contributed by atoms with Crippen molar-refractivity contribution in [1.82, 2.24) is 5.01 Å². The second kappa shape index (κ2) is 9.13. The van der Waals surface area contributed by atoms with Crippen LogP contribution in [0, 0.1) is 0 Å². The molecule has 0 radical (unpaired) electrons. The number of hydrogen-bond acceptors (Lipinski definition) is 3. The number of carbonyl (C=O) groups excluding carboxylic acids is 1. The van der Waals surface area contributed by atoms with E-state index in [2.05, 4.69) is 15.9 Å². The minimum atomic E-state index is -0.746. The number of nitrogens with zero attached hydrogens (tertiary/aromatic N) is 2. The Labute approximate surface area is 189 Å². The molecule has 1 amide bonds. The zero-order valence-corrected chi connectivity index (χ0v) is 18.7. The van der Waals surface area contributed by atoms with Gasteiger partial charge in [-0.1, -0.05) is 88.2 Å². The lowest BCUT2D eigenvalue weighted by atomic mass is 9.98. The van der Waals surface area contributed by atoms with Crippen molar-refractivity contribution < 1.29 is 9.53 Å². The molecule has 0 saturated carbocycles. The Kier molecular flexibility index (Phi) is 6.32. The van der Waals surface area contributed by atoms with E-state index in [1.54, 1.807) is 0 Å². The second-order valence-electron chi connectivity index (χ2n) is 7.00.